The summed E-state index contributed by atoms with van der Waals surface area (Å²) < 4.78 is 9.67. The van der Waals surface area contributed by atoms with Crippen molar-refractivity contribution < 1.29 is 34.1 Å². The quantitative estimate of drug-likeness (QED) is 0.452. The summed E-state index contributed by atoms with van der Waals surface area (Å²) in [5.74, 6) is -1.41. The van der Waals surface area contributed by atoms with Crippen molar-refractivity contribution in [2.45, 2.75) is 39.0 Å². The van der Waals surface area contributed by atoms with Gasteiger partial charge in [0.15, 0.2) is 0 Å². The summed E-state index contributed by atoms with van der Waals surface area (Å²) in [7, 11) is 1.29. The van der Waals surface area contributed by atoms with Crippen molar-refractivity contribution in [1.29, 1.82) is 0 Å². The van der Waals surface area contributed by atoms with Crippen molar-refractivity contribution in [1.82, 2.24) is 5.32 Å². The SMILES string of the molecule is COC(=O)[C@@H](NC(=O)OCc1ccccc1)C(C)C.N[C@@H](Cc1ccc(O)cc1)C(=O)O. The smallest absolute Gasteiger partial charge is 0.408 e. The molecule has 0 heterocycles. The molecule has 0 aliphatic rings. The van der Waals surface area contributed by atoms with E-state index in [1.54, 1.807) is 12.1 Å². The summed E-state index contributed by atoms with van der Waals surface area (Å²) >= 11 is 0. The Morgan fingerprint density at radius 1 is 1.00 bits per heavy atom. The summed E-state index contributed by atoms with van der Waals surface area (Å²) in [4.78, 5) is 33.5. The molecule has 1 amide bonds. The second kappa shape index (κ2) is 13.7. The molecule has 0 radical (unpaired) electrons. The first-order valence-corrected chi connectivity index (χ1v) is 9.95. The van der Waals surface area contributed by atoms with Gasteiger partial charge in [-0.3, -0.25) is 4.79 Å². The van der Waals surface area contributed by atoms with Crippen LogP contribution in [0, 0.1) is 5.92 Å². The lowest BCUT2D eigenvalue weighted by atomic mass is 10.1. The topological polar surface area (TPSA) is 148 Å². The number of nitrogens with two attached hydrogens (primary N) is 1. The molecule has 0 spiro atoms. The standard InChI is InChI=1S/C14H19NO4.C9H11NO3/c1-10(2)12(13(16)18-3)15-14(17)19-9-11-7-5-4-6-8-11;10-8(9(12)13)5-6-1-3-7(11)4-2-6/h4-8,10,12H,9H2,1-3H3,(H,15,17);1-4,8,11H,5,10H2,(H,12,13)/t12-;8-/m00/s1. The number of methoxy groups -OCH3 is 1. The molecule has 0 fully saturated rings. The molecule has 0 aromatic heterocycles. The number of aliphatic carboxylic acids is 1. The number of carboxylic acids is 1. The summed E-state index contributed by atoms with van der Waals surface area (Å²) in [6, 6.07) is 14.0. The van der Waals surface area contributed by atoms with Gasteiger partial charge in [-0.15, -0.1) is 0 Å². The second-order valence-electron chi connectivity index (χ2n) is 7.27. The highest BCUT2D eigenvalue weighted by Gasteiger charge is 2.25. The molecule has 0 bridgehead atoms. The first-order valence-electron chi connectivity index (χ1n) is 9.95. The van der Waals surface area contributed by atoms with Gasteiger partial charge >= 0.3 is 18.0 Å². The number of hydrogen-bond acceptors (Lipinski definition) is 7. The Bertz CT molecular complexity index is 854. The third-order valence-corrected chi connectivity index (χ3v) is 4.32. The van der Waals surface area contributed by atoms with Crippen molar-refractivity contribution in [3.8, 4) is 5.75 Å². The molecule has 2 aromatic rings. The van der Waals surface area contributed by atoms with Crippen LogP contribution in [-0.2, 0) is 32.1 Å². The highest BCUT2D eigenvalue weighted by atomic mass is 16.6. The predicted octanol–water partition coefficient (Wildman–Crippen LogP) is 2.46. The third-order valence-electron chi connectivity index (χ3n) is 4.32. The van der Waals surface area contributed by atoms with Gasteiger partial charge in [-0.05, 0) is 35.6 Å². The highest BCUT2D eigenvalue weighted by Crippen LogP contribution is 2.10. The minimum atomic E-state index is -1.02. The lowest BCUT2D eigenvalue weighted by Gasteiger charge is -2.19. The molecule has 9 heteroatoms. The van der Waals surface area contributed by atoms with Crippen molar-refractivity contribution in [2.24, 2.45) is 11.7 Å². The van der Waals surface area contributed by atoms with Crippen LogP contribution < -0.4 is 11.1 Å². The number of esters is 1. The van der Waals surface area contributed by atoms with Crippen molar-refractivity contribution >= 4 is 18.0 Å². The van der Waals surface area contributed by atoms with Gasteiger partial charge < -0.3 is 30.7 Å². The van der Waals surface area contributed by atoms with Crippen molar-refractivity contribution in [3.05, 3.63) is 65.7 Å². The number of alkyl carbamates (subject to hydrolysis) is 1. The van der Waals surface area contributed by atoms with E-state index in [2.05, 4.69) is 10.1 Å². The van der Waals surface area contributed by atoms with Gasteiger partial charge in [0.2, 0.25) is 0 Å². The molecule has 0 aliphatic carbocycles. The number of phenolic OH excluding ortho intramolecular Hbond substituents is 1. The Labute approximate surface area is 187 Å². The van der Waals surface area contributed by atoms with Gasteiger partial charge in [-0.2, -0.15) is 0 Å². The zero-order valence-electron chi connectivity index (χ0n) is 18.4. The van der Waals surface area contributed by atoms with E-state index in [0.717, 1.165) is 11.1 Å². The summed E-state index contributed by atoms with van der Waals surface area (Å²) in [6.07, 6.45) is -0.358. The average Bonchev–Trinajstić information content (AvgIpc) is 2.78. The molecule has 5 N–H and O–H groups in total. The molecule has 0 aliphatic heterocycles. The number of carbonyl (C=O) groups is 3. The molecule has 174 valence electrons. The third kappa shape index (κ3) is 9.94. The Morgan fingerprint density at radius 2 is 1.59 bits per heavy atom. The molecule has 2 aromatic carbocycles. The first-order chi connectivity index (χ1) is 15.1. The number of carboxylic acid groups (broad SMARTS) is 1. The molecule has 32 heavy (non-hydrogen) atoms. The Hall–Kier alpha value is -3.59. The highest BCUT2D eigenvalue weighted by molar-refractivity contribution is 5.81. The van der Waals surface area contributed by atoms with Gasteiger partial charge in [-0.1, -0.05) is 56.3 Å². The maximum Gasteiger partial charge on any atom is 0.408 e. The largest absolute Gasteiger partial charge is 0.508 e. The Morgan fingerprint density at radius 3 is 2.09 bits per heavy atom. The van der Waals surface area contributed by atoms with E-state index in [1.807, 2.05) is 44.2 Å². The Kier molecular flexibility index (Phi) is 11.3. The van der Waals surface area contributed by atoms with Crippen LogP contribution in [0.4, 0.5) is 4.79 Å². The van der Waals surface area contributed by atoms with Crippen molar-refractivity contribution in [2.75, 3.05) is 7.11 Å². The molecule has 0 unspecified atom stereocenters. The van der Waals surface area contributed by atoms with E-state index in [-0.39, 0.29) is 24.7 Å². The molecular formula is C23H30N2O7. The zero-order chi connectivity index (χ0) is 24.1. The van der Waals surface area contributed by atoms with Crippen LogP contribution in [0.1, 0.15) is 25.0 Å². The summed E-state index contributed by atoms with van der Waals surface area (Å²) in [5, 5.41) is 20.0. The summed E-state index contributed by atoms with van der Waals surface area (Å²) in [6.45, 7) is 3.80. The molecule has 0 saturated heterocycles. The number of hydrogen-bond donors (Lipinski definition) is 4. The van der Waals surface area contributed by atoms with Gasteiger partial charge in [0.05, 0.1) is 7.11 Å². The van der Waals surface area contributed by atoms with Crippen LogP contribution in [0.2, 0.25) is 0 Å². The molecule has 2 atom stereocenters. The zero-order valence-corrected chi connectivity index (χ0v) is 18.4. The maximum absolute atomic E-state index is 11.6. The van der Waals surface area contributed by atoms with E-state index >= 15 is 0 Å². The van der Waals surface area contributed by atoms with E-state index in [1.165, 1.54) is 19.2 Å². The molecule has 0 saturated carbocycles. The molecule has 2 rings (SSSR count). The number of benzene rings is 2. The first kappa shape index (κ1) is 26.4. The lowest BCUT2D eigenvalue weighted by Crippen LogP contribution is -2.45. The number of nitrogens with one attached hydrogen (secondary N) is 1. The fourth-order valence-corrected chi connectivity index (χ4v) is 2.49. The number of rotatable bonds is 8. The number of ether oxygens (including phenoxy) is 2. The number of amides is 1. The Balaban J connectivity index is 0.000000343. The number of aromatic hydroxyl groups is 1. The molecule has 9 nitrogen and oxygen atoms in total. The normalized spacial score (nSPS) is 12.0. The van der Waals surface area contributed by atoms with Crippen LogP contribution in [0.5, 0.6) is 5.75 Å². The second-order valence-corrected chi connectivity index (χ2v) is 7.27. The van der Waals surface area contributed by atoms with E-state index in [4.69, 9.17) is 20.7 Å². The van der Waals surface area contributed by atoms with Gasteiger partial charge in [0.25, 0.3) is 0 Å². The predicted molar refractivity (Wildman–Crippen MR) is 118 cm³/mol. The van der Waals surface area contributed by atoms with E-state index < -0.39 is 30.1 Å². The van der Waals surface area contributed by atoms with Crippen LogP contribution >= 0.6 is 0 Å². The number of carbonyl (C=O) groups excluding carboxylic acids is 2. The lowest BCUT2D eigenvalue weighted by molar-refractivity contribution is -0.144. The fourth-order valence-electron chi connectivity index (χ4n) is 2.49. The van der Waals surface area contributed by atoms with Crippen LogP contribution in [0.3, 0.4) is 0 Å². The monoisotopic (exact) mass is 446 g/mol. The number of phenols is 1. The van der Waals surface area contributed by atoms with Crippen LogP contribution in [-0.4, -0.2) is 47.4 Å². The van der Waals surface area contributed by atoms with Crippen molar-refractivity contribution in [3.63, 3.8) is 0 Å². The minimum Gasteiger partial charge on any atom is -0.508 e. The maximum atomic E-state index is 11.6. The van der Waals surface area contributed by atoms with E-state index in [9.17, 15) is 14.4 Å². The van der Waals surface area contributed by atoms with Gasteiger partial charge in [0.1, 0.15) is 24.4 Å². The fraction of sp³-hybridized carbons (Fsp3) is 0.348. The minimum absolute atomic E-state index is 0.0725. The van der Waals surface area contributed by atoms with E-state index in [0.29, 0.717) is 0 Å². The average molecular weight is 447 g/mol. The molecular weight excluding hydrogens is 416 g/mol. The summed E-state index contributed by atoms with van der Waals surface area (Å²) in [5.41, 5.74) is 7.01. The van der Waals surface area contributed by atoms with Crippen LogP contribution in [0.25, 0.3) is 0 Å². The van der Waals surface area contributed by atoms with Crippen LogP contribution in [0.15, 0.2) is 54.6 Å². The van der Waals surface area contributed by atoms with Gasteiger partial charge in [0, 0.05) is 0 Å². The van der Waals surface area contributed by atoms with Gasteiger partial charge in [-0.25, -0.2) is 9.59 Å².